The lowest BCUT2D eigenvalue weighted by molar-refractivity contribution is -0.121. The van der Waals surface area contributed by atoms with Gasteiger partial charge in [-0.25, -0.2) is 18.1 Å². The van der Waals surface area contributed by atoms with Crippen molar-refractivity contribution >= 4 is 21.7 Å². The van der Waals surface area contributed by atoms with Gasteiger partial charge >= 0.3 is 0 Å². The molecule has 0 saturated carbocycles. The van der Waals surface area contributed by atoms with E-state index in [1.807, 2.05) is 18.2 Å². The number of carbonyl (C=O) groups is 1. The van der Waals surface area contributed by atoms with Gasteiger partial charge in [-0.15, -0.1) is 0 Å². The van der Waals surface area contributed by atoms with E-state index in [1.54, 1.807) is 18.3 Å². The van der Waals surface area contributed by atoms with Crippen LogP contribution in [0.2, 0.25) is 0 Å². The highest BCUT2D eigenvalue weighted by Crippen LogP contribution is 2.24. The first kappa shape index (κ1) is 23.7. The molecule has 1 aliphatic carbocycles. The van der Waals surface area contributed by atoms with Crippen LogP contribution in [-0.2, 0) is 34.2 Å². The van der Waals surface area contributed by atoms with Crippen LogP contribution in [0.15, 0.2) is 41.4 Å². The van der Waals surface area contributed by atoms with Crippen LogP contribution in [0, 0.1) is 0 Å². The number of benzene rings is 1. The molecule has 8 nitrogen and oxygen atoms in total. The highest BCUT2D eigenvalue weighted by Gasteiger charge is 2.18. The minimum Gasteiger partial charge on any atom is -0.354 e. The summed E-state index contributed by atoms with van der Waals surface area (Å²) in [7, 11) is -1.51. The molecule has 1 saturated heterocycles. The zero-order valence-electron chi connectivity index (χ0n) is 19.2. The molecule has 0 bridgehead atoms. The Kier molecular flexibility index (Phi) is 7.62. The van der Waals surface area contributed by atoms with Crippen molar-refractivity contribution < 1.29 is 13.2 Å². The number of amides is 1. The molecule has 0 atom stereocenters. The van der Waals surface area contributed by atoms with Gasteiger partial charge in [0.2, 0.25) is 15.9 Å². The molecule has 1 aromatic carbocycles. The number of fused-ring (bicyclic) bond motifs is 1. The number of aryl methyl sites for hydroxylation is 2. The minimum atomic E-state index is -3.63. The number of sulfonamides is 1. The molecule has 1 aliphatic heterocycles. The fourth-order valence-electron chi connectivity index (χ4n) is 4.33. The second-order valence-electron chi connectivity index (χ2n) is 8.87. The SMILES string of the molecule is CN1CCN(c2cc(CNC(=O)CCNS(=O)(=O)c3ccc4c(c3)CCCC4)ccn2)CC1. The van der Waals surface area contributed by atoms with Crippen LogP contribution >= 0.6 is 0 Å². The number of rotatable bonds is 8. The van der Waals surface area contributed by atoms with E-state index in [0.717, 1.165) is 68.8 Å². The Hall–Kier alpha value is -2.49. The number of likely N-dealkylation sites (N-methyl/N-ethyl adjacent to an activating group) is 1. The lowest BCUT2D eigenvalue weighted by Gasteiger charge is -2.33. The van der Waals surface area contributed by atoms with Crippen LogP contribution in [-0.4, -0.2) is 64.0 Å². The average molecular weight is 472 g/mol. The number of piperazine rings is 1. The van der Waals surface area contributed by atoms with Crippen LogP contribution in [0.5, 0.6) is 0 Å². The van der Waals surface area contributed by atoms with Gasteiger partial charge in [0.25, 0.3) is 0 Å². The maximum Gasteiger partial charge on any atom is 0.240 e. The summed E-state index contributed by atoms with van der Waals surface area (Å²) in [6, 6.07) is 9.25. The molecule has 33 heavy (non-hydrogen) atoms. The van der Waals surface area contributed by atoms with Crippen molar-refractivity contribution in [2.45, 2.75) is 43.5 Å². The number of anilines is 1. The first-order valence-electron chi connectivity index (χ1n) is 11.7. The van der Waals surface area contributed by atoms with Crippen LogP contribution < -0.4 is 14.9 Å². The minimum absolute atomic E-state index is 0.0636. The van der Waals surface area contributed by atoms with Gasteiger partial charge in [0.15, 0.2) is 0 Å². The largest absolute Gasteiger partial charge is 0.354 e. The third-order valence-electron chi connectivity index (χ3n) is 6.40. The molecule has 1 aromatic heterocycles. The second-order valence-corrected chi connectivity index (χ2v) is 10.6. The van der Waals surface area contributed by atoms with Crippen LogP contribution in [0.4, 0.5) is 5.82 Å². The van der Waals surface area contributed by atoms with Crippen molar-refractivity contribution in [1.29, 1.82) is 0 Å². The summed E-state index contributed by atoms with van der Waals surface area (Å²) in [5.74, 6) is 0.730. The first-order chi connectivity index (χ1) is 15.9. The molecule has 2 heterocycles. The molecule has 2 N–H and O–H groups in total. The molecule has 4 rings (SSSR count). The summed E-state index contributed by atoms with van der Waals surface area (Å²) in [5, 5.41) is 2.87. The molecular weight excluding hydrogens is 438 g/mol. The number of aromatic nitrogens is 1. The zero-order chi connectivity index (χ0) is 23.3. The first-order valence-corrected chi connectivity index (χ1v) is 13.2. The van der Waals surface area contributed by atoms with Gasteiger partial charge in [0.1, 0.15) is 5.82 Å². The molecule has 0 spiro atoms. The molecule has 1 amide bonds. The van der Waals surface area contributed by atoms with E-state index in [0.29, 0.717) is 6.54 Å². The van der Waals surface area contributed by atoms with Gasteiger partial charge in [-0.1, -0.05) is 6.07 Å². The number of hydrogen-bond acceptors (Lipinski definition) is 6. The number of nitrogens with zero attached hydrogens (tertiary/aromatic N) is 3. The van der Waals surface area contributed by atoms with Gasteiger partial charge in [-0.3, -0.25) is 4.79 Å². The quantitative estimate of drug-likeness (QED) is 0.609. The van der Waals surface area contributed by atoms with Crippen LogP contribution in [0.25, 0.3) is 0 Å². The van der Waals surface area contributed by atoms with E-state index < -0.39 is 10.0 Å². The molecule has 1 fully saturated rings. The lowest BCUT2D eigenvalue weighted by atomic mass is 9.92. The standard InChI is InChI=1S/C24H33N5O3S/c1-28-12-14-29(15-13-28)23-16-19(8-10-25-23)18-26-24(30)9-11-27-33(31,32)22-7-6-20-4-2-3-5-21(20)17-22/h6-8,10,16-17,27H,2-5,9,11-15,18H2,1H3,(H,26,30). The summed E-state index contributed by atoms with van der Waals surface area (Å²) < 4.78 is 27.8. The number of nitrogens with one attached hydrogen (secondary N) is 2. The van der Waals surface area contributed by atoms with E-state index in [9.17, 15) is 13.2 Å². The van der Waals surface area contributed by atoms with Crippen molar-refractivity contribution in [2.24, 2.45) is 0 Å². The average Bonchev–Trinajstić information content (AvgIpc) is 2.83. The third kappa shape index (κ3) is 6.31. The summed E-state index contributed by atoms with van der Waals surface area (Å²) in [4.78, 5) is 21.6. The van der Waals surface area contributed by atoms with E-state index in [4.69, 9.17) is 0 Å². The monoisotopic (exact) mass is 471 g/mol. The van der Waals surface area contributed by atoms with Crippen molar-refractivity contribution in [1.82, 2.24) is 19.9 Å². The van der Waals surface area contributed by atoms with Crippen LogP contribution in [0.1, 0.15) is 36.0 Å². The van der Waals surface area contributed by atoms with E-state index >= 15 is 0 Å². The van der Waals surface area contributed by atoms with E-state index in [2.05, 4.69) is 31.9 Å². The van der Waals surface area contributed by atoms with Gasteiger partial charge in [-0.2, -0.15) is 0 Å². The van der Waals surface area contributed by atoms with Gasteiger partial charge in [0, 0.05) is 51.9 Å². The fraction of sp³-hybridized carbons (Fsp3) is 0.500. The summed E-state index contributed by atoms with van der Waals surface area (Å²) in [5.41, 5.74) is 3.34. The van der Waals surface area contributed by atoms with E-state index in [-0.39, 0.29) is 23.8 Å². The molecular formula is C24H33N5O3S. The van der Waals surface area contributed by atoms with Crippen LogP contribution in [0.3, 0.4) is 0 Å². The lowest BCUT2D eigenvalue weighted by Crippen LogP contribution is -2.44. The Bertz CT molecular complexity index is 1080. The van der Waals surface area contributed by atoms with E-state index in [1.165, 1.54) is 5.56 Å². The predicted molar refractivity (Wildman–Crippen MR) is 129 cm³/mol. The Labute approximate surface area is 196 Å². The van der Waals surface area contributed by atoms with Crippen molar-refractivity contribution in [3.63, 3.8) is 0 Å². The smallest absolute Gasteiger partial charge is 0.240 e. The van der Waals surface area contributed by atoms with Crippen molar-refractivity contribution in [2.75, 3.05) is 44.7 Å². The second kappa shape index (κ2) is 10.6. The Balaban J connectivity index is 1.24. The highest BCUT2D eigenvalue weighted by atomic mass is 32.2. The molecule has 0 radical (unpaired) electrons. The third-order valence-corrected chi connectivity index (χ3v) is 7.86. The Morgan fingerprint density at radius 3 is 2.58 bits per heavy atom. The summed E-state index contributed by atoms with van der Waals surface area (Å²) >= 11 is 0. The molecule has 9 heteroatoms. The molecule has 0 unspecified atom stereocenters. The van der Waals surface area contributed by atoms with Gasteiger partial charge in [0.05, 0.1) is 4.90 Å². The molecule has 2 aromatic rings. The number of pyridine rings is 1. The Morgan fingerprint density at radius 1 is 1.03 bits per heavy atom. The molecule has 178 valence electrons. The van der Waals surface area contributed by atoms with Gasteiger partial charge in [-0.05, 0) is 73.7 Å². The maximum atomic E-state index is 12.6. The fourth-order valence-corrected chi connectivity index (χ4v) is 5.41. The number of carbonyl (C=O) groups excluding carboxylic acids is 1. The van der Waals surface area contributed by atoms with Crippen molar-refractivity contribution in [3.8, 4) is 0 Å². The summed E-state index contributed by atoms with van der Waals surface area (Å²) in [6.45, 7) is 4.33. The Morgan fingerprint density at radius 2 is 1.79 bits per heavy atom. The topological polar surface area (TPSA) is 94.6 Å². The maximum absolute atomic E-state index is 12.6. The highest BCUT2D eigenvalue weighted by molar-refractivity contribution is 7.89. The zero-order valence-corrected chi connectivity index (χ0v) is 20.0. The van der Waals surface area contributed by atoms with Gasteiger partial charge < -0.3 is 15.1 Å². The molecule has 2 aliphatic rings. The normalized spacial score (nSPS) is 16.9. The van der Waals surface area contributed by atoms with Crippen molar-refractivity contribution in [3.05, 3.63) is 53.2 Å². The summed E-state index contributed by atoms with van der Waals surface area (Å²) in [6.07, 6.45) is 6.04. The predicted octanol–water partition coefficient (Wildman–Crippen LogP) is 1.70. The number of hydrogen-bond donors (Lipinski definition) is 2.